The van der Waals surface area contributed by atoms with E-state index in [4.69, 9.17) is 10.1 Å². The van der Waals surface area contributed by atoms with Crippen LogP contribution in [0.25, 0.3) is 11.1 Å². The Morgan fingerprint density at radius 3 is 2.58 bits per heavy atom. The van der Waals surface area contributed by atoms with E-state index in [9.17, 15) is 22.4 Å². The Hall–Kier alpha value is -4.42. The van der Waals surface area contributed by atoms with E-state index in [2.05, 4.69) is 15.4 Å². The van der Waals surface area contributed by atoms with Crippen LogP contribution in [0.15, 0.2) is 49.1 Å². The van der Waals surface area contributed by atoms with Gasteiger partial charge in [0.05, 0.1) is 31.6 Å². The van der Waals surface area contributed by atoms with Crippen molar-refractivity contribution in [3.63, 3.8) is 0 Å². The minimum Gasteiger partial charge on any atom is -0.494 e. The van der Waals surface area contributed by atoms with Crippen LogP contribution < -0.4 is 15.7 Å². The molecule has 0 radical (unpaired) electrons. The smallest absolute Gasteiger partial charge is 0.435 e. The molecule has 13 heteroatoms. The van der Waals surface area contributed by atoms with Gasteiger partial charge in [0.25, 0.3) is 5.91 Å². The topological polar surface area (TPSA) is 103 Å². The summed E-state index contributed by atoms with van der Waals surface area (Å²) >= 11 is 0. The molecule has 0 aliphatic heterocycles. The number of carbonyl (C=O) groups is 1. The van der Waals surface area contributed by atoms with Crippen LogP contribution in [0.5, 0.6) is 5.75 Å². The van der Waals surface area contributed by atoms with E-state index in [1.54, 1.807) is 40.7 Å². The van der Waals surface area contributed by atoms with Gasteiger partial charge < -0.3 is 19.2 Å². The molecular formula is C27H27F4N7O2. The Morgan fingerprint density at radius 1 is 1.20 bits per heavy atom. The Morgan fingerprint density at radius 2 is 1.95 bits per heavy atom. The number of hydrogen-bond acceptors (Lipinski definition) is 5. The van der Waals surface area contributed by atoms with Crippen molar-refractivity contribution in [3.8, 4) is 16.9 Å². The molecule has 5 rings (SSSR count). The maximum Gasteiger partial charge on any atom is 0.435 e. The molecule has 1 amide bonds. The number of pyridine rings is 1. The summed E-state index contributed by atoms with van der Waals surface area (Å²) in [7, 11) is 4.43. The summed E-state index contributed by atoms with van der Waals surface area (Å²) in [6.45, 7) is 0.151. The zero-order valence-electron chi connectivity index (χ0n) is 22.0. The lowest BCUT2D eigenvalue weighted by Gasteiger charge is -2.19. The zero-order chi connectivity index (χ0) is 28.8. The van der Waals surface area contributed by atoms with Crippen molar-refractivity contribution in [3.05, 3.63) is 83.0 Å². The Kier molecular flexibility index (Phi) is 6.98. The first-order valence-electron chi connectivity index (χ1n) is 12.5. The van der Waals surface area contributed by atoms with Gasteiger partial charge in [0.2, 0.25) is 5.62 Å². The van der Waals surface area contributed by atoms with Gasteiger partial charge in [-0.05, 0) is 48.1 Å². The standard InChI is InChI=1S/C27H27F4N7O2/c1-36-6-7-38(26(36)32)13-15-8-17(19-14-37(2)35-24(19)27(29,30)31)10-18(9-15)25(39)34-23(16-4-5-16)21-11-22(40-3)20(28)12-33-21/h6-12,14,16,23,32H,4-5,13H2,1-3H3,(H,34,39). The predicted molar refractivity (Wildman–Crippen MR) is 136 cm³/mol. The van der Waals surface area contributed by atoms with E-state index in [-0.39, 0.29) is 40.5 Å². The molecule has 1 aliphatic carbocycles. The van der Waals surface area contributed by atoms with Crippen LogP contribution in [-0.4, -0.2) is 36.9 Å². The second-order valence-corrected chi connectivity index (χ2v) is 9.87. The minimum absolute atomic E-state index is 0.00322. The largest absolute Gasteiger partial charge is 0.494 e. The fourth-order valence-corrected chi connectivity index (χ4v) is 4.68. The Labute approximate surface area is 226 Å². The lowest BCUT2D eigenvalue weighted by Crippen LogP contribution is -2.31. The number of amides is 1. The molecule has 3 aromatic heterocycles. The number of carbonyl (C=O) groups excluding carboxylic acids is 1. The summed E-state index contributed by atoms with van der Waals surface area (Å²) in [5.74, 6) is -1.08. The van der Waals surface area contributed by atoms with Crippen molar-refractivity contribution in [1.29, 1.82) is 5.41 Å². The van der Waals surface area contributed by atoms with Crippen LogP contribution in [0.4, 0.5) is 17.6 Å². The summed E-state index contributed by atoms with van der Waals surface area (Å²) in [5.41, 5.74) is 0.191. The van der Waals surface area contributed by atoms with Gasteiger partial charge in [-0.25, -0.2) is 4.39 Å². The maximum atomic E-state index is 14.0. The van der Waals surface area contributed by atoms with E-state index in [1.165, 1.54) is 32.5 Å². The van der Waals surface area contributed by atoms with E-state index in [0.717, 1.165) is 23.7 Å². The third-order valence-corrected chi connectivity index (χ3v) is 6.85. The molecule has 4 aromatic rings. The summed E-state index contributed by atoms with van der Waals surface area (Å²) in [5, 5.41) is 14.8. The molecule has 210 valence electrons. The molecule has 1 aromatic carbocycles. The molecule has 1 fully saturated rings. The number of aryl methyl sites for hydroxylation is 2. The number of imidazole rings is 1. The quantitative estimate of drug-likeness (QED) is 0.317. The number of methoxy groups -OCH3 is 1. The number of halogens is 4. The monoisotopic (exact) mass is 557 g/mol. The Bertz CT molecular complexity index is 1630. The van der Waals surface area contributed by atoms with Crippen molar-refractivity contribution in [1.82, 2.24) is 29.2 Å². The molecule has 3 heterocycles. The summed E-state index contributed by atoms with van der Waals surface area (Å²) in [6.07, 6.45) is 2.62. The molecule has 0 spiro atoms. The number of rotatable bonds is 8. The first-order chi connectivity index (χ1) is 18.9. The van der Waals surface area contributed by atoms with Crippen molar-refractivity contribution < 1.29 is 27.1 Å². The lowest BCUT2D eigenvalue weighted by atomic mass is 9.98. The molecular weight excluding hydrogens is 530 g/mol. The average Bonchev–Trinajstić information content (AvgIpc) is 3.60. The number of hydrogen-bond donors (Lipinski definition) is 2. The summed E-state index contributed by atoms with van der Waals surface area (Å²) < 4.78 is 64.8. The van der Waals surface area contributed by atoms with Crippen molar-refractivity contribution >= 4 is 5.91 Å². The predicted octanol–water partition coefficient (Wildman–Crippen LogP) is 4.20. The first kappa shape index (κ1) is 27.2. The molecule has 0 bridgehead atoms. The van der Waals surface area contributed by atoms with Crippen LogP contribution in [0.1, 0.15) is 46.2 Å². The van der Waals surface area contributed by atoms with Crippen molar-refractivity contribution in [2.24, 2.45) is 20.0 Å². The number of ether oxygens (including phenoxy) is 1. The fraction of sp³-hybridized carbons (Fsp3) is 0.333. The van der Waals surface area contributed by atoms with E-state index >= 15 is 0 Å². The average molecular weight is 558 g/mol. The molecule has 1 saturated carbocycles. The summed E-state index contributed by atoms with van der Waals surface area (Å²) in [6, 6.07) is 5.44. The van der Waals surface area contributed by atoms with Gasteiger partial charge in [-0.1, -0.05) is 0 Å². The van der Waals surface area contributed by atoms with Gasteiger partial charge in [0.1, 0.15) is 0 Å². The van der Waals surface area contributed by atoms with Crippen LogP contribution in [0.3, 0.4) is 0 Å². The highest BCUT2D eigenvalue weighted by molar-refractivity contribution is 5.96. The van der Waals surface area contributed by atoms with E-state index < -0.39 is 29.6 Å². The number of alkyl halides is 3. The highest BCUT2D eigenvalue weighted by Gasteiger charge is 2.38. The highest BCUT2D eigenvalue weighted by Crippen LogP contribution is 2.42. The highest BCUT2D eigenvalue weighted by atomic mass is 19.4. The minimum atomic E-state index is -4.71. The zero-order valence-corrected chi connectivity index (χ0v) is 22.0. The van der Waals surface area contributed by atoms with Gasteiger partial charge >= 0.3 is 6.18 Å². The fourth-order valence-electron chi connectivity index (χ4n) is 4.68. The van der Waals surface area contributed by atoms with Gasteiger partial charge in [-0.3, -0.25) is 19.9 Å². The van der Waals surface area contributed by atoms with Gasteiger partial charge in [0.15, 0.2) is 17.3 Å². The third-order valence-electron chi connectivity index (χ3n) is 6.85. The molecule has 1 atom stereocenters. The number of nitrogens with zero attached hydrogens (tertiary/aromatic N) is 5. The SMILES string of the molecule is COc1cc(C(NC(=O)c2cc(Cn3ccn(C)c3=N)cc(-c3cn(C)nc3C(F)(F)F)c2)C2CC2)ncc1F. The lowest BCUT2D eigenvalue weighted by molar-refractivity contribution is -0.140. The number of benzene rings is 1. The van der Waals surface area contributed by atoms with Crippen molar-refractivity contribution in [2.75, 3.05) is 7.11 Å². The van der Waals surface area contributed by atoms with Crippen molar-refractivity contribution in [2.45, 2.75) is 31.6 Å². The second kappa shape index (κ2) is 10.3. The van der Waals surface area contributed by atoms with Gasteiger partial charge in [-0.15, -0.1) is 0 Å². The molecule has 1 aliphatic rings. The molecule has 2 N–H and O–H groups in total. The second-order valence-electron chi connectivity index (χ2n) is 9.87. The van der Waals surface area contributed by atoms with E-state index in [0.29, 0.717) is 11.3 Å². The molecule has 40 heavy (non-hydrogen) atoms. The number of aromatic nitrogens is 5. The molecule has 1 unspecified atom stereocenters. The van der Waals surface area contributed by atoms with Crippen LogP contribution in [0, 0.1) is 17.1 Å². The summed E-state index contributed by atoms with van der Waals surface area (Å²) in [4.78, 5) is 17.7. The normalized spacial score (nSPS) is 14.3. The third kappa shape index (κ3) is 5.49. The maximum absolute atomic E-state index is 14.0. The molecule has 9 nitrogen and oxygen atoms in total. The van der Waals surface area contributed by atoms with Gasteiger partial charge in [-0.2, -0.15) is 18.3 Å². The van der Waals surface area contributed by atoms with Crippen LogP contribution >= 0.6 is 0 Å². The van der Waals surface area contributed by atoms with Crippen LogP contribution in [0.2, 0.25) is 0 Å². The Balaban J connectivity index is 1.55. The number of nitrogens with one attached hydrogen (secondary N) is 2. The van der Waals surface area contributed by atoms with E-state index in [1.807, 2.05) is 0 Å². The first-order valence-corrected chi connectivity index (χ1v) is 12.5. The van der Waals surface area contributed by atoms with Gasteiger partial charge in [0, 0.05) is 49.9 Å². The van der Waals surface area contributed by atoms with Crippen LogP contribution in [-0.2, 0) is 26.8 Å². The molecule has 0 saturated heterocycles.